The molecule has 2 N–H and O–H groups in total. The Morgan fingerprint density at radius 3 is 2.83 bits per heavy atom. The van der Waals surface area contributed by atoms with Gasteiger partial charge in [0.25, 0.3) is 0 Å². The summed E-state index contributed by atoms with van der Waals surface area (Å²) in [4.78, 5) is 8.75. The average Bonchev–Trinajstić information content (AvgIpc) is 2.79. The molecule has 3 aromatic rings. The van der Waals surface area contributed by atoms with Crippen molar-refractivity contribution in [3.05, 3.63) is 53.0 Å². The standard InChI is InChI=1S/C13H11BrN4/c14-11-4-1-5-12-17-13(10(7-15)18(11)12)9-3-2-6-16-8-9/h1-6,8H,7,15H2. The molecule has 90 valence electrons. The second kappa shape index (κ2) is 4.51. The molecule has 0 spiro atoms. The van der Waals surface area contributed by atoms with Crippen molar-refractivity contribution < 1.29 is 0 Å². The highest BCUT2D eigenvalue weighted by Gasteiger charge is 2.14. The van der Waals surface area contributed by atoms with Crippen LogP contribution in [0.1, 0.15) is 5.69 Å². The molecule has 0 aliphatic heterocycles. The summed E-state index contributed by atoms with van der Waals surface area (Å²) in [7, 11) is 0. The molecule has 0 saturated carbocycles. The van der Waals surface area contributed by atoms with Crippen molar-refractivity contribution in [1.82, 2.24) is 14.4 Å². The lowest BCUT2D eigenvalue weighted by Crippen LogP contribution is -2.03. The van der Waals surface area contributed by atoms with Crippen LogP contribution in [0.3, 0.4) is 0 Å². The van der Waals surface area contributed by atoms with Gasteiger partial charge < -0.3 is 5.73 Å². The highest BCUT2D eigenvalue weighted by Crippen LogP contribution is 2.26. The van der Waals surface area contributed by atoms with Gasteiger partial charge in [-0.25, -0.2) is 4.98 Å². The van der Waals surface area contributed by atoms with E-state index in [4.69, 9.17) is 5.73 Å². The molecule has 0 fully saturated rings. The van der Waals surface area contributed by atoms with Gasteiger partial charge in [-0.3, -0.25) is 9.38 Å². The molecule has 3 rings (SSSR count). The first-order chi connectivity index (χ1) is 8.81. The van der Waals surface area contributed by atoms with Gasteiger partial charge in [-0.05, 0) is 40.2 Å². The maximum Gasteiger partial charge on any atom is 0.138 e. The summed E-state index contributed by atoms with van der Waals surface area (Å²) < 4.78 is 2.96. The Balaban J connectivity index is 2.34. The molecule has 0 aromatic carbocycles. The molecule has 0 aliphatic rings. The van der Waals surface area contributed by atoms with Crippen LogP contribution in [0.15, 0.2) is 47.3 Å². The molecule has 3 aromatic heterocycles. The fraction of sp³-hybridized carbons (Fsp3) is 0.0769. The molecule has 0 atom stereocenters. The summed E-state index contributed by atoms with van der Waals surface area (Å²) in [6, 6.07) is 9.78. The van der Waals surface area contributed by atoms with Gasteiger partial charge in [0.15, 0.2) is 0 Å². The predicted octanol–water partition coefficient (Wildman–Crippen LogP) is 2.62. The van der Waals surface area contributed by atoms with Gasteiger partial charge in [-0.15, -0.1) is 0 Å². The molecule has 0 unspecified atom stereocenters. The van der Waals surface area contributed by atoms with Crippen molar-refractivity contribution in [3.63, 3.8) is 0 Å². The van der Waals surface area contributed by atoms with Crippen molar-refractivity contribution in [2.45, 2.75) is 6.54 Å². The van der Waals surface area contributed by atoms with Crippen LogP contribution < -0.4 is 5.73 Å². The van der Waals surface area contributed by atoms with Crippen LogP contribution >= 0.6 is 15.9 Å². The van der Waals surface area contributed by atoms with Crippen molar-refractivity contribution >= 4 is 21.6 Å². The number of rotatable bonds is 2. The number of halogens is 1. The van der Waals surface area contributed by atoms with Gasteiger partial charge in [-0.2, -0.15) is 0 Å². The Morgan fingerprint density at radius 1 is 1.22 bits per heavy atom. The molecular formula is C13H11BrN4. The van der Waals surface area contributed by atoms with E-state index in [1.165, 1.54) is 0 Å². The minimum atomic E-state index is 0.425. The number of nitrogens with two attached hydrogens (primary N) is 1. The predicted molar refractivity (Wildman–Crippen MR) is 74.0 cm³/mol. The molecule has 4 nitrogen and oxygen atoms in total. The summed E-state index contributed by atoms with van der Waals surface area (Å²) in [6.07, 6.45) is 3.55. The number of aromatic nitrogens is 3. The molecule has 0 aliphatic carbocycles. The largest absolute Gasteiger partial charge is 0.325 e. The molecule has 3 heterocycles. The van der Waals surface area contributed by atoms with Crippen LogP contribution in [0.25, 0.3) is 16.9 Å². The first kappa shape index (κ1) is 11.4. The highest BCUT2D eigenvalue weighted by atomic mass is 79.9. The Kier molecular flexibility index (Phi) is 2.85. The molecule has 0 amide bonds. The zero-order valence-electron chi connectivity index (χ0n) is 9.55. The third-order valence-corrected chi connectivity index (χ3v) is 3.44. The molecule has 0 saturated heterocycles. The van der Waals surface area contributed by atoms with Gasteiger partial charge in [0.2, 0.25) is 0 Å². The molecule has 18 heavy (non-hydrogen) atoms. The van der Waals surface area contributed by atoms with Crippen molar-refractivity contribution in [2.75, 3.05) is 0 Å². The SMILES string of the molecule is NCc1c(-c2cccnc2)nc2cccc(Br)n12. The Morgan fingerprint density at radius 2 is 2.11 bits per heavy atom. The second-order valence-electron chi connectivity index (χ2n) is 3.90. The van der Waals surface area contributed by atoms with E-state index in [9.17, 15) is 0 Å². The summed E-state index contributed by atoms with van der Waals surface area (Å²) >= 11 is 3.53. The van der Waals surface area contributed by atoms with Crippen LogP contribution in [0.2, 0.25) is 0 Å². The second-order valence-corrected chi connectivity index (χ2v) is 4.71. The number of imidazole rings is 1. The maximum absolute atomic E-state index is 5.87. The minimum absolute atomic E-state index is 0.425. The smallest absolute Gasteiger partial charge is 0.138 e. The Labute approximate surface area is 113 Å². The number of nitrogens with zero attached hydrogens (tertiary/aromatic N) is 3. The monoisotopic (exact) mass is 302 g/mol. The number of hydrogen-bond acceptors (Lipinski definition) is 3. The quantitative estimate of drug-likeness (QED) is 0.740. The first-order valence-electron chi connectivity index (χ1n) is 5.57. The number of pyridine rings is 2. The third-order valence-electron chi connectivity index (χ3n) is 2.82. The molecule has 5 heteroatoms. The maximum atomic E-state index is 5.87. The average molecular weight is 303 g/mol. The van der Waals surface area contributed by atoms with E-state index in [-0.39, 0.29) is 0 Å². The zero-order chi connectivity index (χ0) is 12.5. The molecule has 0 bridgehead atoms. The Bertz CT molecular complexity index is 691. The van der Waals surface area contributed by atoms with Crippen LogP contribution in [-0.2, 0) is 6.54 Å². The zero-order valence-corrected chi connectivity index (χ0v) is 11.1. The minimum Gasteiger partial charge on any atom is -0.325 e. The van der Waals surface area contributed by atoms with E-state index >= 15 is 0 Å². The van der Waals surface area contributed by atoms with Crippen LogP contribution in [-0.4, -0.2) is 14.4 Å². The lowest BCUT2D eigenvalue weighted by Gasteiger charge is -2.03. The fourth-order valence-electron chi connectivity index (χ4n) is 2.03. The molecular weight excluding hydrogens is 292 g/mol. The van der Waals surface area contributed by atoms with E-state index in [1.807, 2.05) is 34.7 Å². The van der Waals surface area contributed by atoms with Crippen LogP contribution in [0.5, 0.6) is 0 Å². The topological polar surface area (TPSA) is 56.2 Å². The van der Waals surface area contributed by atoms with E-state index in [2.05, 4.69) is 25.9 Å². The number of fused-ring (bicyclic) bond motifs is 1. The Hall–Kier alpha value is -1.72. The number of hydrogen-bond donors (Lipinski definition) is 1. The van der Waals surface area contributed by atoms with E-state index < -0.39 is 0 Å². The van der Waals surface area contributed by atoms with Gasteiger partial charge >= 0.3 is 0 Å². The van der Waals surface area contributed by atoms with Crippen molar-refractivity contribution in [2.24, 2.45) is 5.73 Å². The first-order valence-corrected chi connectivity index (χ1v) is 6.37. The summed E-state index contributed by atoms with van der Waals surface area (Å²) in [5.74, 6) is 0. The van der Waals surface area contributed by atoms with E-state index in [0.29, 0.717) is 6.54 Å². The van der Waals surface area contributed by atoms with Crippen molar-refractivity contribution in [3.8, 4) is 11.3 Å². The van der Waals surface area contributed by atoms with Crippen LogP contribution in [0, 0.1) is 0 Å². The molecule has 0 radical (unpaired) electrons. The summed E-state index contributed by atoms with van der Waals surface area (Å²) in [5.41, 5.74) is 9.59. The van der Waals surface area contributed by atoms with Crippen LogP contribution in [0.4, 0.5) is 0 Å². The third kappa shape index (κ3) is 1.72. The lowest BCUT2D eigenvalue weighted by atomic mass is 10.2. The summed E-state index contributed by atoms with van der Waals surface area (Å²) in [6.45, 7) is 0.425. The van der Waals surface area contributed by atoms with Gasteiger partial charge in [0.05, 0.1) is 16.0 Å². The lowest BCUT2D eigenvalue weighted by molar-refractivity contribution is 0.947. The van der Waals surface area contributed by atoms with E-state index in [0.717, 1.165) is 27.2 Å². The summed E-state index contributed by atoms with van der Waals surface area (Å²) in [5, 5.41) is 0. The van der Waals surface area contributed by atoms with Gasteiger partial charge in [0.1, 0.15) is 5.65 Å². The van der Waals surface area contributed by atoms with Crippen molar-refractivity contribution in [1.29, 1.82) is 0 Å². The van der Waals surface area contributed by atoms with E-state index in [1.54, 1.807) is 12.4 Å². The normalized spacial score (nSPS) is 11.0. The fourth-order valence-corrected chi connectivity index (χ4v) is 2.58. The van der Waals surface area contributed by atoms with Gasteiger partial charge in [0, 0.05) is 24.5 Å². The highest BCUT2D eigenvalue weighted by molar-refractivity contribution is 9.10. The van der Waals surface area contributed by atoms with Gasteiger partial charge in [-0.1, -0.05) is 6.07 Å².